The van der Waals surface area contributed by atoms with Crippen LogP contribution in [-0.2, 0) is 4.79 Å². The second kappa shape index (κ2) is 6.41. The van der Waals surface area contributed by atoms with Crippen molar-refractivity contribution in [1.29, 1.82) is 0 Å². The van der Waals surface area contributed by atoms with Crippen molar-refractivity contribution in [1.82, 2.24) is 0 Å². The van der Waals surface area contributed by atoms with Gasteiger partial charge in [-0.25, -0.2) is 4.79 Å². The number of carboxylic acids is 1. The Morgan fingerprint density at radius 3 is 2.47 bits per heavy atom. The van der Waals surface area contributed by atoms with Crippen molar-refractivity contribution < 1.29 is 9.90 Å². The molecule has 3 nitrogen and oxygen atoms in total. The molecule has 0 amide bonds. The molecule has 0 radical (unpaired) electrons. The molecule has 0 aliphatic carbocycles. The van der Waals surface area contributed by atoms with E-state index in [0.717, 1.165) is 18.7 Å². The first-order chi connectivity index (χ1) is 9.16. The van der Waals surface area contributed by atoms with Gasteiger partial charge in [0.25, 0.3) is 0 Å². The maximum Gasteiger partial charge on any atom is 0.328 e. The van der Waals surface area contributed by atoms with E-state index >= 15 is 0 Å². The second-order valence-corrected chi connectivity index (χ2v) is 5.12. The first-order valence-electron chi connectivity index (χ1n) is 6.93. The van der Waals surface area contributed by atoms with Crippen LogP contribution in [-0.4, -0.2) is 24.2 Å². The van der Waals surface area contributed by atoms with Crippen LogP contribution >= 0.6 is 0 Å². The molecule has 0 unspecified atom stereocenters. The summed E-state index contributed by atoms with van der Waals surface area (Å²) in [6.07, 6.45) is 8.01. The number of carbonyl (C=O) groups is 1. The van der Waals surface area contributed by atoms with Gasteiger partial charge in [-0.1, -0.05) is 18.9 Å². The Labute approximate surface area is 114 Å². The summed E-state index contributed by atoms with van der Waals surface area (Å²) in [7, 11) is 0. The number of rotatable bonds is 3. The third-order valence-corrected chi connectivity index (χ3v) is 3.59. The fraction of sp³-hybridized carbons (Fsp3) is 0.438. The average molecular weight is 259 g/mol. The SMILES string of the molecule is Cc1cc(/C=C/C(=O)O)ccc1N1CCCCCC1. The number of benzene rings is 1. The Morgan fingerprint density at radius 2 is 1.89 bits per heavy atom. The quantitative estimate of drug-likeness (QED) is 0.845. The van der Waals surface area contributed by atoms with Crippen LogP contribution in [0.3, 0.4) is 0 Å². The number of carboxylic acid groups (broad SMARTS) is 1. The third-order valence-electron chi connectivity index (χ3n) is 3.59. The lowest BCUT2D eigenvalue weighted by molar-refractivity contribution is -0.131. The number of nitrogens with zero attached hydrogens (tertiary/aromatic N) is 1. The summed E-state index contributed by atoms with van der Waals surface area (Å²) in [5, 5.41) is 8.64. The topological polar surface area (TPSA) is 40.5 Å². The van der Waals surface area contributed by atoms with Gasteiger partial charge in [0.1, 0.15) is 0 Å². The number of hydrogen-bond acceptors (Lipinski definition) is 2. The van der Waals surface area contributed by atoms with E-state index in [1.807, 2.05) is 6.07 Å². The zero-order valence-electron chi connectivity index (χ0n) is 11.4. The van der Waals surface area contributed by atoms with Crippen LogP contribution in [0, 0.1) is 6.92 Å². The van der Waals surface area contributed by atoms with E-state index in [1.54, 1.807) is 6.08 Å². The molecule has 0 bridgehead atoms. The Kier molecular flexibility index (Phi) is 4.61. The van der Waals surface area contributed by atoms with E-state index in [-0.39, 0.29) is 0 Å². The van der Waals surface area contributed by atoms with E-state index in [2.05, 4.69) is 24.0 Å². The van der Waals surface area contributed by atoms with Crippen LogP contribution in [0.2, 0.25) is 0 Å². The monoisotopic (exact) mass is 259 g/mol. The summed E-state index contributed by atoms with van der Waals surface area (Å²) < 4.78 is 0. The molecule has 0 atom stereocenters. The smallest absolute Gasteiger partial charge is 0.328 e. The maximum absolute atomic E-state index is 10.5. The average Bonchev–Trinajstić information content (AvgIpc) is 2.65. The molecule has 19 heavy (non-hydrogen) atoms. The van der Waals surface area contributed by atoms with E-state index < -0.39 is 5.97 Å². The zero-order valence-corrected chi connectivity index (χ0v) is 11.4. The molecule has 2 rings (SSSR count). The molecule has 102 valence electrons. The van der Waals surface area contributed by atoms with Crippen molar-refractivity contribution in [2.45, 2.75) is 32.6 Å². The van der Waals surface area contributed by atoms with Crippen LogP contribution in [0.5, 0.6) is 0 Å². The number of aryl methyl sites for hydroxylation is 1. The van der Waals surface area contributed by atoms with E-state index in [9.17, 15) is 4.79 Å². The van der Waals surface area contributed by atoms with Crippen molar-refractivity contribution in [3.8, 4) is 0 Å². The molecule has 0 aromatic heterocycles. The maximum atomic E-state index is 10.5. The van der Waals surface area contributed by atoms with Gasteiger partial charge in [-0.3, -0.25) is 0 Å². The first kappa shape index (κ1) is 13.7. The highest BCUT2D eigenvalue weighted by atomic mass is 16.4. The van der Waals surface area contributed by atoms with Crippen LogP contribution in [0.4, 0.5) is 5.69 Å². The molecule has 1 N–H and O–H groups in total. The fourth-order valence-electron chi connectivity index (χ4n) is 2.62. The van der Waals surface area contributed by atoms with Gasteiger partial charge >= 0.3 is 5.97 Å². The van der Waals surface area contributed by atoms with Crippen LogP contribution < -0.4 is 4.90 Å². The summed E-state index contributed by atoms with van der Waals surface area (Å²) in [6.45, 7) is 4.36. The molecule has 0 saturated carbocycles. The minimum Gasteiger partial charge on any atom is -0.478 e. The second-order valence-electron chi connectivity index (χ2n) is 5.12. The molecule has 1 heterocycles. The van der Waals surface area contributed by atoms with E-state index in [0.29, 0.717) is 0 Å². The molecule has 1 aliphatic heterocycles. The number of hydrogen-bond donors (Lipinski definition) is 1. The first-order valence-corrected chi connectivity index (χ1v) is 6.93. The highest BCUT2D eigenvalue weighted by molar-refractivity contribution is 5.85. The van der Waals surface area contributed by atoms with E-state index in [1.165, 1.54) is 43.0 Å². The van der Waals surface area contributed by atoms with Gasteiger partial charge in [0.05, 0.1) is 0 Å². The summed E-state index contributed by atoms with van der Waals surface area (Å²) in [5.41, 5.74) is 3.45. The summed E-state index contributed by atoms with van der Waals surface area (Å²) in [6, 6.07) is 6.16. The predicted molar refractivity (Wildman–Crippen MR) is 78.5 cm³/mol. The van der Waals surface area contributed by atoms with Gasteiger partial charge in [-0.2, -0.15) is 0 Å². The predicted octanol–water partition coefficient (Wildman–Crippen LogP) is 3.47. The lowest BCUT2D eigenvalue weighted by atomic mass is 10.1. The van der Waals surface area contributed by atoms with Crippen molar-refractivity contribution in [3.63, 3.8) is 0 Å². The largest absolute Gasteiger partial charge is 0.478 e. The Morgan fingerprint density at radius 1 is 1.21 bits per heavy atom. The normalized spacial score (nSPS) is 16.6. The highest BCUT2D eigenvalue weighted by Gasteiger charge is 2.11. The molecule has 1 aliphatic rings. The lowest BCUT2D eigenvalue weighted by Gasteiger charge is -2.24. The Balaban J connectivity index is 2.16. The van der Waals surface area contributed by atoms with Crippen LogP contribution in [0.25, 0.3) is 6.08 Å². The Bertz CT molecular complexity index is 472. The minimum absolute atomic E-state index is 0.908. The molecule has 3 heteroatoms. The van der Waals surface area contributed by atoms with Gasteiger partial charge in [0, 0.05) is 24.9 Å². The minimum atomic E-state index is -0.908. The van der Waals surface area contributed by atoms with Gasteiger partial charge < -0.3 is 10.0 Å². The zero-order chi connectivity index (χ0) is 13.7. The van der Waals surface area contributed by atoms with Gasteiger partial charge in [0.2, 0.25) is 0 Å². The molecule has 1 aromatic carbocycles. The van der Waals surface area contributed by atoms with Crippen molar-refractivity contribution in [2.24, 2.45) is 0 Å². The van der Waals surface area contributed by atoms with Crippen LogP contribution in [0.1, 0.15) is 36.8 Å². The fourth-order valence-corrected chi connectivity index (χ4v) is 2.62. The van der Waals surface area contributed by atoms with Gasteiger partial charge in [0.15, 0.2) is 0 Å². The number of aliphatic carboxylic acids is 1. The van der Waals surface area contributed by atoms with Gasteiger partial charge in [-0.15, -0.1) is 0 Å². The third kappa shape index (κ3) is 3.85. The molecule has 1 aromatic rings. The molecule has 1 fully saturated rings. The molecular weight excluding hydrogens is 238 g/mol. The summed E-state index contributed by atoms with van der Waals surface area (Å²) >= 11 is 0. The standard InChI is InChI=1S/C16H21NO2/c1-13-12-14(7-9-16(18)19)6-8-15(13)17-10-4-2-3-5-11-17/h6-9,12H,2-5,10-11H2,1H3,(H,18,19)/b9-7+. The van der Waals surface area contributed by atoms with Crippen molar-refractivity contribution in [2.75, 3.05) is 18.0 Å². The van der Waals surface area contributed by atoms with Crippen molar-refractivity contribution >= 4 is 17.7 Å². The summed E-state index contributed by atoms with van der Waals surface area (Å²) in [5.74, 6) is -0.908. The van der Waals surface area contributed by atoms with E-state index in [4.69, 9.17) is 5.11 Å². The highest BCUT2D eigenvalue weighted by Crippen LogP contribution is 2.24. The van der Waals surface area contributed by atoms with Crippen molar-refractivity contribution in [3.05, 3.63) is 35.4 Å². The molecule has 1 saturated heterocycles. The van der Waals surface area contributed by atoms with Crippen LogP contribution in [0.15, 0.2) is 24.3 Å². The van der Waals surface area contributed by atoms with Gasteiger partial charge in [-0.05, 0) is 49.1 Å². The number of anilines is 1. The summed E-state index contributed by atoms with van der Waals surface area (Å²) in [4.78, 5) is 13.0. The lowest BCUT2D eigenvalue weighted by Crippen LogP contribution is -2.24. The Hall–Kier alpha value is -1.77. The molecule has 0 spiro atoms. The molecular formula is C16H21NO2.